The predicted octanol–water partition coefficient (Wildman–Crippen LogP) is 0.458. The lowest BCUT2D eigenvalue weighted by atomic mass is 10.1. The van der Waals surface area contributed by atoms with Crippen molar-refractivity contribution in [3.05, 3.63) is 24.3 Å². The lowest BCUT2D eigenvalue weighted by Crippen LogP contribution is -2.18. The fourth-order valence-electron chi connectivity index (χ4n) is 1.30. The van der Waals surface area contributed by atoms with Crippen LogP contribution in [0, 0.1) is 0 Å². The summed E-state index contributed by atoms with van der Waals surface area (Å²) in [6.07, 6.45) is 6.14. The molecule has 4 N–H and O–H groups in total. The van der Waals surface area contributed by atoms with Gasteiger partial charge in [-0.25, -0.2) is 4.79 Å². The molecule has 0 aliphatic rings. The van der Waals surface area contributed by atoms with E-state index in [0.29, 0.717) is 12.8 Å². The van der Waals surface area contributed by atoms with Crippen LogP contribution in [0.25, 0.3) is 0 Å². The van der Waals surface area contributed by atoms with Gasteiger partial charge in [-0.3, -0.25) is 0 Å². The van der Waals surface area contributed by atoms with Gasteiger partial charge in [-0.2, -0.15) is 0 Å². The molecular formula is C12H20O5. The summed E-state index contributed by atoms with van der Waals surface area (Å²) in [6, 6.07) is 0. The van der Waals surface area contributed by atoms with E-state index in [1.54, 1.807) is 12.2 Å². The number of carboxylic acid groups (broad SMARTS) is 1. The van der Waals surface area contributed by atoms with E-state index in [9.17, 15) is 15.0 Å². The van der Waals surface area contributed by atoms with Gasteiger partial charge in [0.1, 0.15) is 0 Å². The summed E-state index contributed by atoms with van der Waals surface area (Å²) < 4.78 is 0. The standard InChI is InChI=1S/C12H20O5/c13-8-7-11(15)9-10(14)5-3-1-2-4-6-12(16)17/h1-2,4,6,10-11,13-15H,3,5,7-9H2,(H,16,17)/b2-1+,6-4+. The molecule has 0 aliphatic carbocycles. The summed E-state index contributed by atoms with van der Waals surface area (Å²) in [6.45, 7) is -0.0895. The molecule has 0 amide bonds. The predicted molar refractivity (Wildman–Crippen MR) is 63.5 cm³/mol. The maximum Gasteiger partial charge on any atom is 0.328 e. The molecule has 0 heterocycles. The molecule has 0 spiro atoms. The number of hydrogen-bond acceptors (Lipinski definition) is 4. The van der Waals surface area contributed by atoms with Crippen LogP contribution in [0.5, 0.6) is 0 Å². The van der Waals surface area contributed by atoms with E-state index in [1.807, 2.05) is 0 Å². The van der Waals surface area contributed by atoms with Crippen LogP contribution in [0.1, 0.15) is 25.7 Å². The first-order chi connectivity index (χ1) is 8.06. The Kier molecular flexibility index (Phi) is 9.33. The molecule has 5 heteroatoms. The number of carboxylic acids is 1. The highest BCUT2D eigenvalue weighted by atomic mass is 16.4. The van der Waals surface area contributed by atoms with Crippen molar-refractivity contribution in [1.82, 2.24) is 0 Å². The van der Waals surface area contributed by atoms with Gasteiger partial charge < -0.3 is 20.4 Å². The normalized spacial score (nSPS) is 15.5. The van der Waals surface area contributed by atoms with E-state index >= 15 is 0 Å². The van der Waals surface area contributed by atoms with Gasteiger partial charge in [0.2, 0.25) is 0 Å². The van der Waals surface area contributed by atoms with Gasteiger partial charge in [0, 0.05) is 12.7 Å². The zero-order valence-corrected chi connectivity index (χ0v) is 9.70. The van der Waals surface area contributed by atoms with E-state index in [0.717, 1.165) is 6.08 Å². The second-order valence-electron chi connectivity index (χ2n) is 3.76. The molecule has 0 saturated carbocycles. The molecule has 0 saturated heterocycles. The topological polar surface area (TPSA) is 98.0 Å². The minimum atomic E-state index is -0.998. The van der Waals surface area contributed by atoms with Crippen LogP contribution >= 0.6 is 0 Å². The van der Waals surface area contributed by atoms with E-state index in [1.165, 1.54) is 6.08 Å². The maximum atomic E-state index is 10.1. The van der Waals surface area contributed by atoms with Crippen molar-refractivity contribution in [3.8, 4) is 0 Å². The summed E-state index contributed by atoms with van der Waals surface area (Å²) >= 11 is 0. The number of carbonyl (C=O) groups is 1. The Morgan fingerprint density at radius 2 is 1.76 bits per heavy atom. The van der Waals surface area contributed by atoms with E-state index in [4.69, 9.17) is 10.2 Å². The van der Waals surface area contributed by atoms with Crippen LogP contribution in [0.3, 0.4) is 0 Å². The Hall–Kier alpha value is -1.17. The van der Waals surface area contributed by atoms with Crippen molar-refractivity contribution in [2.45, 2.75) is 37.9 Å². The molecule has 0 bridgehead atoms. The summed E-state index contributed by atoms with van der Waals surface area (Å²) in [5.41, 5.74) is 0. The molecule has 2 atom stereocenters. The molecule has 98 valence electrons. The minimum Gasteiger partial charge on any atom is -0.478 e. The summed E-state index contributed by atoms with van der Waals surface area (Å²) in [5, 5.41) is 35.7. The largest absolute Gasteiger partial charge is 0.478 e. The van der Waals surface area contributed by atoms with Crippen molar-refractivity contribution in [1.29, 1.82) is 0 Å². The van der Waals surface area contributed by atoms with Gasteiger partial charge in [-0.15, -0.1) is 0 Å². The van der Waals surface area contributed by atoms with Gasteiger partial charge in [0.25, 0.3) is 0 Å². The Morgan fingerprint density at radius 1 is 1.12 bits per heavy atom. The quantitative estimate of drug-likeness (QED) is 0.349. The average Bonchev–Trinajstić information content (AvgIpc) is 2.23. The second-order valence-corrected chi connectivity index (χ2v) is 3.76. The molecular weight excluding hydrogens is 224 g/mol. The summed E-state index contributed by atoms with van der Waals surface area (Å²) in [7, 11) is 0. The molecule has 0 aromatic rings. The molecule has 17 heavy (non-hydrogen) atoms. The van der Waals surface area contributed by atoms with Gasteiger partial charge in [-0.1, -0.05) is 18.2 Å². The van der Waals surface area contributed by atoms with Gasteiger partial charge in [0.05, 0.1) is 12.2 Å². The zero-order valence-electron chi connectivity index (χ0n) is 9.70. The number of aliphatic hydroxyl groups is 3. The first-order valence-corrected chi connectivity index (χ1v) is 5.59. The molecule has 0 aromatic heterocycles. The molecule has 0 rings (SSSR count). The summed E-state index contributed by atoms with van der Waals surface area (Å²) in [4.78, 5) is 10.1. The Balaban J connectivity index is 3.63. The van der Waals surface area contributed by atoms with Gasteiger partial charge >= 0.3 is 5.97 Å². The van der Waals surface area contributed by atoms with Crippen LogP contribution < -0.4 is 0 Å². The van der Waals surface area contributed by atoms with Gasteiger partial charge in [0.15, 0.2) is 0 Å². The zero-order chi connectivity index (χ0) is 13.1. The Bertz CT molecular complexity index is 260. The number of hydrogen-bond donors (Lipinski definition) is 4. The smallest absolute Gasteiger partial charge is 0.328 e. The monoisotopic (exact) mass is 244 g/mol. The van der Waals surface area contributed by atoms with Gasteiger partial charge in [-0.05, 0) is 25.7 Å². The van der Waals surface area contributed by atoms with E-state index in [-0.39, 0.29) is 19.4 Å². The fourth-order valence-corrected chi connectivity index (χ4v) is 1.30. The Labute approximate surface area is 101 Å². The molecule has 5 nitrogen and oxygen atoms in total. The Morgan fingerprint density at radius 3 is 2.35 bits per heavy atom. The molecule has 0 fully saturated rings. The molecule has 0 aromatic carbocycles. The second kappa shape index (κ2) is 10.0. The van der Waals surface area contributed by atoms with E-state index < -0.39 is 18.2 Å². The highest BCUT2D eigenvalue weighted by Gasteiger charge is 2.10. The SMILES string of the molecule is O=C(O)/C=C/C=C/CCC(O)CC(O)CCO. The number of aliphatic carboxylic acids is 1. The maximum absolute atomic E-state index is 10.1. The van der Waals surface area contributed by atoms with Crippen LogP contribution in [0.4, 0.5) is 0 Å². The van der Waals surface area contributed by atoms with Crippen LogP contribution in [-0.4, -0.2) is 45.2 Å². The van der Waals surface area contributed by atoms with Crippen molar-refractivity contribution in [2.24, 2.45) is 0 Å². The number of aliphatic hydroxyl groups excluding tert-OH is 3. The highest BCUT2D eigenvalue weighted by molar-refractivity contribution is 5.80. The van der Waals surface area contributed by atoms with Crippen LogP contribution in [0.2, 0.25) is 0 Å². The number of allylic oxidation sites excluding steroid dienone is 3. The third-order valence-electron chi connectivity index (χ3n) is 2.16. The fraction of sp³-hybridized carbons (Fsp3) is 0.583. The number of rotatable bonds is 9. The van der Waals surface area contributed by atoms with Crippen molar-refractivity contribution >= 4 is 5.97 Å². The van der Waals surface area contributed by atoms with Crippen LogP contribution in [0.15, 0.2) is 24.3 Å². The highest BCUT2D eigenvalue weighted by Crippen LogP contribution is 2.08. The minimum absolute atomic E-state index is 0.0895. The lowest BCUT2D eigenvalue weighted by molar-refractivity contribution is -0.131. The van der Waals surface area contributed by atoms with Crippen molar-refractivity contribution in [2.75, 3.05) is 6.61 Å². The summed E-state index contributed by atoms with van der Waals surface area (Å²) in [5.74, 6) is -0.998. The van der Waals surface area contributed by atoms with Crippen molar-refractivity contribution < 1.29 is 25.2 Å². The molecule has 2 unspecified atom stereocenters. The third kappa shape index (κ3) is 11.1. The average molecular weight is 244 g/mol. The lowest BCUT2D eigenvalue weighted by Gasteiger charge is -2.13. The first-order valence-electron chi connectivity index (χ1n) is 5.59. The van der Waals surface area contributed by atoms with Crippen molar-refractivity contribution in [3.63, 3.8) is 0 Å². The van der Waals surface area contributed by atoms with E-state index in [2.05, 4.69) is 0 Å². The third-order valence-corrected chi connectivity index (χ3v) is 2.16. The first kappa shape index (κ1) is 15.8. The molecule has 0 aliphatic heterocycles. The van der Waals surface area contributed by atoms with Crippen LogP contribution in [-0.2, 0) is 4.79 Å². The molecule has 0 radical (unpaired) electrons.